The molecule has 122 heavy (non-hydrogen) atoms. The molecule has 0 spiro atoms. The predicted octanol–water partition coefficient (Wildman–Crippen LogP) is 22.6. The maximum atomic E-state index is 15.6. The number of hydrogen-bond donors (Lipinski definition) is 0. The normalized spacial score (nSPS) is 21.4. The second-order valence-corrected chi connectivity index (χ2v) is 38.9. The van der Waals surface area contributed by atoms with Crippen LogP contribution in [0.4, 0.5) is 10.1 Å². The van der Waals surface area contributed by atoms with E-state index in [0.717, 1.165) is 83.1 Å². The van der Waals surface area contributed by atoms with E-state index in [1.807, 2.05) is 241 Å². The molecule has 0 saturated carbocycles. The van der Waals surface area contributed by atoms with Crippen molar-refractivity contribution in [1.82, 2.24) is 0 Å². The Morgan fingerprint density at radius 3 is 1.30 bits per heavy atom. The van der Waals surface area contributed by atoms with Gasteiger partial charge in [0, 0.05) is 16.3 Å². The lowest BCUT2D eigenvalue weighted by atomic mass is 9.78. The molecule has 13 atom stereocenters. The smallest absolute Gasteiger partial charge is 0.233 e. The van der Waals surface area contributed by atoms with Gasteiger partial charge in [0.05, 0.1) is 83.6 Å². The van der Waals surface area contributed by atoms with E-state index in [0.29, 0.717) is 31.8 Å². The molecular weight excluding hydrogens is 1560 g/mol. The molecule has 0 aliphatic carbocycles. The van der Waals surface area contributed by atoms with E-state index in [-0.39, 0.29) is 69.6 Å². The van der Waals surface area contributed by atoms with Gasteiger partial charge in [-0.1, -0.05) is 318 Å². The summed E-state index contributed by atoms with van der Waals surface area (Å²) >= 11 is 1.65. The predicted molar refractivity (Wildman–Crippen MR) is 480 cm³/mol. The highest BCUT2D eigenvalue weighted by atomic mass is 32.2. The molecule has 3 aliphatic rings. The number of benzene rings is 12. The van der Waals surface area contributed by atoms with Gasteiger partial charge in [0.15, 0.2) is 14.6 Å². The van der Waals surface area contributed by atoms with Crippen LogP contribution in [0.3, 0.4) is 0 Å². The number of hydrogen-bond acceptors (Lipinski definition) is 14. The largest absolute Gasteiger partial charge is 0.489 e. The molecule has 12 aromatic carbocycles. The lowest BCUT2D eigenvalue weighted by molar-refractivity contribution is -0.362. The van der Waals surface area contributed by atoms with Crippen molar-refractivity contribution in [2.45, 2.75) is 183 Å². The summed E-state index contributed by atoms with van der Waals surface area (Å²) in [4.78, 5) is 18.5. The van der Waals surface area contributed by atoms with Crippen molar-refractivity contribution in [1.29, 1.82) is 0 Å². The van der Waals surface area contributed by atoms with Gasteiger partial charge in [0.2, 0.25) is 5.91 Å². The number of amides is 1. The number of anilines is 1. The molecule has 17 heteroatoms. The van der Waals surface area contributed by atoms with E-state index in [4.69, 9.17) is 56.5 Å². The Hall–Kier alpha value is -10.0. The highest BCUT2D eigenvalue weighted by molar-refractivity contribution is 7.99. The van der Waals surface area contributed by atoms with Crippen molar-refractivity contribution in [2.24, 2.45) is 5.92 Å². The number of ether oxygens (including phenoxy) is 11. The molecule has 0 N–H and O–H groups in total. The summed E-state index contributed by atoms with van der Waals surface area (Å²) in [6.45, 7) is 13.2. The van der Waals surface area contributed by atoms with Crippen LogP contribution in [0.25, 0.3) is 11.1 Å². The topological polar surface area (TPSA) is 131 Å². The van der Waals surface area contributed by atoms with Gasteiger partial charge in [-0.3, -0.25) is 4.79 Å². The van der Waals surface area contributed by atoms with Gasteiger partial charge in [0.25, 0.3) is 0 Å². The van der Waals surface area contributed by atoms with Crippen LogP contribution < -0.4 is 9.64 Å². The summed E-state index contributed by atoms with van der Waals surface area (Å²) in [6.07, 6.45) is -8.42. The maximum absolute atomic E-state index is 15.6. The van der Waals surface area contributed by atoms with Crippen molar-refractivity contribution in [2.75, 3.05) is 23.9 Å². The fourth-order valence-corrected chi connectivity index (χ4v) is 18.4. The second-order valence-electron chi connectivity index (χ2n) is 33.1. The van der Waals surface area contributed by atoms with E-state index in [9.17, 15) is 4.39 Å². The van der Waals surface area contributed by atoms with E-state index in [1.165, 1.54) is 12.1 Å². The van der Waals surface area contributed by atoms with Crippen molar-refractivity contribution < 1.29 is 65.7 Å². The summed E-state index contributed by atoms with van der Waals surface area (Å²) in [5.41, 5.74) is 12.3. The lowest BCUT2D eigenvalue weighted by Crippen LogP contribution is -2.66. The average Bonchev–Trinajstić information content (AvgIpc) is 0.728. The highest BCUT2D eigenvalue weighted by Gasteiger charge is 2.56. The molecule has 3 saturated heterocycles. The van der Waals surface area contributed by atoms with Gasteiger partial charge < -0.3 is 61.4 Å². The standard InChI is InChI=1S/C105H110FNO13SSi/c1-105(2,3)122(4,5)120-91(83-54-57-86(106)58-55-83)61-60-90-96(107(103(90)108)87-51-31-14-32-52-87)89-59-56-85(84-50-33-53-88(62-84)111-66-77-38-19-8-20-39-77)63-95(89)121-74-94-98(113-68-79-42-23-10-24-43-79)100(114-69-80-44-25-11-26-45-80)99(93(117-94)73-110-65-76-36-17-7-18-37-76)119-104-102(116-71-82-48-29-13-30-49-82)101(115-70-81-46-27-12-28-47-81)97(112-67-78-40-21-9-22-41-78)92(118-104)72-109-64-75-34-15-6-16-35-75/h6-59,62-63,90-94,96-102,104H,60-61,64-74H2,1-5H3/t90-,91-,92?,93?,94+,96-,97+,98?,99+,100-,101+,102?,104+/m1/s1. The zero-order valence-corrected chi connectivity index (χ0v) is 71.9. The van der Waals surface area contributed by atoms with Crippen LogP contribution in [-0.2, 0) is 109 Å². The van der Waals surface area contributed by atoms with Crippen LogP contribution in [0.2, 0.25) is 18.1 Å². The van der Waals surface area contributed by atoms with Crippen LogP contribution in [0.1, 0.15) is 101 Å². The van der Waals surface area contributed by atoms with Gasteiger partial charge in [-0.05, 0) is 140 Å². The summed E-state index contributed by atoms with van der Waals surface area (Å²) in [7, 11) is -2.44. The molecule has 14 nitrogen and oxygen atoms in total. The Bertz CT molecular complexity index is 5130. The first-order valence-corrected chi connectivity index (χ1v) is 46.4. The number of halogens is 1. The number of carbonyl (C=O) groups is 1. The zero-order chi connectivity index (χ0) is 83.9. The third kappa shape index (κ3) is 23.3. The quantitative estimate of drug-likeness (QED) is 0.0205. The van der Waals surface area contributed by atoms with Gasteiger partial charge in [-0.25, -0.2) is 4.39 Å². The van der Waals surface area contributed by atoms with Crippen LogP contribution in [-0.4, -0.2) is 94.4 Å². The average molecular weight is 1670 g/mol. The molecule has 4 unspecified atom stereocenters. The molecule has 630 valence electrons. The number of carbonyl (C=O) groups excluding carboxylic acids is 1. The summed E-state index contributed by atoms with van der Waals surface area (Å²) in [6, 6.07) is 112. The summed E-state index contributed by atoms with van der Waals surface area (Å²) < 4.78 is 103. The Labute approximate surface area is 723 Å². The molecular formula is C105H110FNO13SSi. The first kappa shape index (κ1) is 86.9. The first-order chi connectivity index (χ1) is 59.7. The van der Waals surface area contributed by atoms with Crippen LogP contribution >= 0.6 is 11.8 Å². The first-order valence-electron chi connectivity index (χ1n) is 42.5. The van der Waals surface area contributed by atoms with Crippen molar-refractivity contribution in [3.63, 3.8) is 0 Å². The minimum Gasteiger partial charge on any atom is -0.489 e. The number of rotatable bonds is 40. The number of thioether (sulfide) groups is 1. The van der Waals surface area contributed by atoms with E-state index in [2.05, 4.69) is 125 Å². The number of β-lactam (4-membered cyclic amide) rings is 1. The van der Waals surface area contributed by atoms with Crippen LogP contribution in [0, 0.1) is 11.7 Å². The minimum atomic E-state index is -2.44. The van der Waals surface area contributed by atoms with Crippen LogP contribution in [0.5, 0.6) is 5.75 Å². The SMILES string of the molecule is CC(C)(C)[Si](C)(C)O[C@H](CC[C@H]1C(=O)N(c2ccccc2)[C@@H]1c1ccc(-c2cccc(OCc3ccccc3)c2)cc1SC[C@@H]1OC(COCc2ccccc2)[C@H](O[C@@H]2OC(COCc3ccccc3)[C@H](OCc3ccccc3)[C@H](OCc3ccccc3)C2OCc2ccccc2)[C@H](OCc2ccccc2)C1OCc1ccccc1)c1ccc(F)cc1. The molecule has 3 heterocycles. The van der Waals surface area contributed by atoms with Gasteiger partial charge in [-0.2, -0.15) is 0 Å². The molecule has 0 aromatic heterocycles. The highest BCUT2D eigenvalue weighted by Crippen LogP contribution is 2.51. The Balaban J connectivity index is 0.849. The van der Waals surface area contributed by atoms with Crippen molar-refractivity contribution >= 4 is 31.7 Å². The Morgan fingerprint density at radius 2 is 0.828 bits per heavy atom. The Morgan fingerprint density at radius 1 is 0.418 bits per heavy atom. The molecule has 12 aromatic rings. The number of nitrogens with zero attached hydrogens (tertiary/aromatic N) is 1. The Kier molecular flexibility index (Phi) is 30.5. The molecule has 3 fully saturated rings. The third-order valence-corrected chi connectivity index (χ3v) is 29.1. The molecule has 0 bridgehead atoms. The molecule has 0 radical (unpaired) electrons. The van der Waals surface area contributed by atoms with Crippen LogP contribution in [0.15, 0.2) is 345 Å². The second kappa shape index (κ2) is 42.8. The minimum absolute atomic E-state index is 0.00690. The third-order valence-electron chi connectivity index (χ3n) is 23.5. The summed E-state index contributed by atoms with van der Waals surface area (Å²) in [5.74, 6) is 0.231. The zero-order valence-electron chi connectivity index (χ0n) is 70.1. The fraction of sp³-hybridized carbons (Fsp3) is 0.305. The van der Waals surface area contributed by atoms with E-state index >= 15 is 4.79 Å². The lowest BCUT2D eigenvalue weighted by Gasteiger charge is -2.50. The monoisotopic (exact) mass is 1670 g/mol. The van der Waals surface area contributed by atoms with Crippen molar-refractivity contribution in [3.8, 4) is 16.9 Å². The molecule has 3 aliphatic heterocycles. The van der Waals surface area contributed by atoms with Gasteiger partial charge >= 0.3 is 0 Å². The van der Waals surface area contributed by atoms with E-state index in [1.54, 1.807) is 11.8 Å². The maximum Gasteiger partial charge on any atom is 0.233 e. The summed E-state index contributed by atoms with van der Waals surface area (Å²) in [5, 5.41) is -0.131. The number of para-hydroxylation sites is 1. The molecule has 1 amide bonds. The molecule has 15 rings (SSSR count). The van der Waals surface area contributed by atoms with Gasteiger partial charge in [-0.15, -0.1) is 11.8 Å². The fourth-order valence-electron chi connectivity index (χ4n) is 15.9. The van der Waals surface area contributed by atoms with Crippen molar-refractivity contribution in [3.05, 3.63) is 401 Å². The van der Waals surface area contributed by atoms with E-state index < -0.39 is 87.6 Å². The van der Waals surface area contributed by atoms with Gasteiger partial charge in [0.1, 0.15) is 67.0 Å².